The quantitative estimate of drug-likeness (QED) is 0.440. The van der Waals surface area contributed by atoms with Gasteiger partial charge in [-0.05, 0) is 89.2 Å². The van der Waals surface area contributed by atoms with Gasteiger partial charge in [-0.3, -0.25) is 4.79 Å². The Labute approximate surface area is 207 Å². The molecule has 3 nitrogen and oxygen atoms in total. The molecule has 0 bridgehead atoms. The van der Waals surface area contributed by atoms with E-state index in [-0.39, 0.29) is 17.4 Å². The van der Waals surface area contributed by atoms with Gasteiger partial charge in [0, 0.05) is 42.2 Å². The zero-order valence-electron chi connectivity index (χ0n) is 22.0. The first-order chi connectivity index (χ1) is 16.1. The Bertz CT molecular complexity index is 979. The molecule has 1 saturated heterocycles. The third kappa shape index (κ3) is 8.03. The van der Waals surface area contributed by atoms with E-state index in [0.29, 0.717) is 6.54 Å². The van der Waals surface area contributed by atoms with Crippen molar-refractivity contribution in [3.8, 4) is 11.8 Å². The second kappa shape index (κ2) is 11.7. The highest BCUT2D eigenvalue weighted by Gasteiger charge is 2.28. The van der Waals surface area contributed by atoms with Crippen molar-refractivity contribution in [2.75, 3.05) is 19.6 Å². The number of likely N-dealkylation sites (tertiary alicyclic amines) is 1. The summed E-state index contributed by atoms with van der Waals surface area (Å²) in [6.45, 7) is 16.9. The number of hydrogen-bond donors (Lipinski definition) is 0. The Hall–Kier alpha value is -2.57. The Balaban J connectivity index is 1.75. The summed E-state index contributed by atoms with van der Waals surface area (Å²) < 4.78 is 0. The van der Waals surface area contributed by atoms with Gasteiger partial charge in [0.2, 0.25) is 0 Å². The molecule has 34 heavy (non-hydrogen) atoms. The standard InChI is InChI=1S/C31H42N2O/c1-24(2)16-20-32-21-17-29(18-22-32)33(30(34)28-13-7-25(3)8-14-28)23-27-11-9-26(10-12-27)15-19-31(4,5)6/h7-14,24,29H,16-18,20-23H2,1-6H3. The molecule has 2 aromatic rings. The molecule has 1 aliphatic heterocycles. The summed E-state index contributed by atoms with van der Waals surface area (Å²) in [5.41, 5.74) is 4.12. The maximum absolute atomic E-state index is 13.6. The van der Waals surface area contributed by atoms with Gasteiger partial charge in [0.05, 0.1) is 0 Å². The SMILES string of the molecule is Cc1ccc(C(=O)N(Cc2ccc(C#CC(C)(C)C)cc2)C2CCN(CCC(C)C)CC2)cc1. The maximum Gasteiger partial charge on any atom is 0.254 e. The van der Waals surface area contributed by atoms with Crippen LogP contribution in [0.4, 0.5) is 0 Å². The predicted molar refractivity (Wildman–Crippen MR) is 143 cm³/mol. The van der Waals surface area contributed by atoms with Gasteiger partial charge in [0.15, 0.2) is 0 Å². The molecule has 0 radical (unpaired) electrons. The van der Waals surface area contributed by atoms with Gasteiger partial charge >= 0.3 is 0 Å². The number of amides is 1. The molecule has 3 rings (SSSR count). The van der Waals surface area contributed by atoms with Crippen LogP contribution in [0.1, 0.15) is 80.9 Å². The Morgan fingerprint density at radius 1 is 1.03 bits per heavy atom. The lowest BCUT2D eigenvalue weighted by Gasteiger charge is -2.39. The molecule has 1 heterocycles. The van der Waals surface area contributed by atoms with Crippen LogP contribution in [-0.2, 0) is 6.54 Å². The van der Waals surface area contributed by atoms with Gasteiger partial charge in [-0.2, -0.15) is 0 Å². The number of hydrogen-bond acceptors (Lipinski definition) is 2. The average molecular weight is 459 g/mol. The zero-order valence-corrected chi connectivity index (χ0v) is 22.0. The van der Waals surface area contributed by atoms with E-state index in [2.05, 4.69) is 87.4 Å². The lowest BCUT2D eigenvalue weighted by molar-refractivity contribution is 0.0546. The minimum absolute atomic E-state index is 0.0139. The van der Waals surface area contributed by atoms with Crippen molar-refractivity contribution < 1.29 is 4.79 Å². The number of aryl methyl sites for hydroxylation is 1. The fraction of sp³-hybridized carbons (Fsp3) is 0.516. The van der Waals surface area contributed by atoms with Crippen molar-refractivity contribution in [3.05, 3.63) is 70.8 Å². The number of piperidine rings is 1. The largest absolute Gasteiger partial charge is 0.331 e. The van der Waals surface area contributed by atoms with Gasteiger partial charge in [0.25, 0.3) is 5.91 Å². The molecule has 2 aromatic carbocycles. The van der Waals surface area contributed by atoms with Crippen LogP contribution in [0.15, 0.2) is 48.5 Å². The van der Waals surface area contributed by atoms with Crippen LogP contribution in [-0.4, -0.2) is 41.4 Å². The molecule has 0 unspecified atom stereocenters. The Morgan fingerprint density at radius 2 is 1.65 bits per heavy atom. The number of carbonyl (C=O) groups excluding carboxylic acids is 1. The molecule has 0 aliphatic carbocycles. The molecule has 1 aliphatic rings. The molecule has 0 aromatic heterocycles. The van der Waals surface area contributed by atoms with Crippen molar-refractivity contribution in [1.82, 2.24) is 9.80 Å². The smallest absolute Gasteiger partial charge is 0.254 e. The molecule has 182 valence electrons. The topological polar surface area (TPSA) is 23.6 Å². The van der Waals surface area contributed by atoms with E-state index in [4.69, 9.17) is 0 Å². The summed E-state index contributed by atoms with van der Waals surface area (Å²) in [5, 5.41) is 0. The summed E-state index contributed by atoms with van der Waals surface area (Å²) in [6.07, 6.45) is 3.30. The monoisotopic (exact) mass is 458 g/mol. The van der Waals surface area contributed by atoms with Crippen LogP contribution in [0.3, 0.4) is 0 Å². The van der Waals surface area contributed by atoms with Crippen molar-refractivity contribution in [3.63, 3.8) is 0 Å². The normalized spacial score (nSPS) is 15.1. The zero-order chi connectivity index (χ0) is 24.7. The molecule has 0 N–H and O–H groups in total. The third-order valence-electron chi connectivity index (χ3n) is 6.47. The van der Waals surface area contributed by atoms with Gasteiger partial charge in [-0.25, -0.2) is 0 Å². The molecule has 3 heteroatoms. The molecular weight excluding hydrogens is 416 g/mol. The summed E-state index contributed by atoms with van der Waals surface area (Å²) in [6, 6.07) is 16.7. The van der Waals surface area contributed by atoms with E-state index in [1.54, 1.807) is 0 Å². The van der Waals surface area contributed by atoms with Crippen molar-refractivity contribution >= 4 is 5.91 Å². The summed E-state index contributed by atoms with van der Waals surface area (Å²) in [4.78, 5) is 18.3. The lowest BCUT2D eigenvalue weighted by atomic mass is 9.97. The van der Waals surface area contributed by atoms with Crippen LogP contribution >= 0.6 is 0 Å². The minimum atomic E-state index is -0.0139. The maximum atomic E-state index is 13.6. The highest BCUT2D eigenvalue weighted by atomic mass is 16.2. The lowest BCUT2D eigenvalue weighted by Crippen LogP contribution is -2.47. The number of nitrogens with zero attached hydrogens (tertiary/aromatic N) is 2. The molecule has 1 amide bonds. The predicted octanol–water partition coefficient (Wildman–Crippen LogP) is 6.55. The van der Waals surface area contributed by atoms with E-state index in [1.165, 1.54) is 12.0 Å². The van der Waals surface area contributed by atoms with E-state index in [0.717, 1.165) is 55.1 Å². The van der Waals surface area contributed by atoms with E-state index in [1.807, 2.05) is 24.3 Å². The van der Waals surface area contributed by atoms with Crippen LogP contribution in [0.2, 0.25) is 0 Å². The first-order valence-electron chi connectivity index (χ1n) is 12.8. The van der Waals surface area contributed by atoms with Crippen LogP contribution in [0.5, 0.6) is 0 Å². The Morgan fingerprint density at radius 3 is 2.21 bits per heavy atom. The highest BCUT2D eigenvalue weighted by molar-refractivity contribution is 5.94. The van der Waals surface area contributed by atoms with E-state index >= 15 is 0 Å². The summed E-state index contributed by atoms with van der Waals surface area (Å²) in [5.74, 6) is 7.43. The molecular formula is C31H42N2O. The van der Waals surface area contributed by atoms with Crippen LogP contribution in [0.25, 0.3) is 0 Å². The fourth-order valence-corrected chi connectivity index (χ4v) is 4.27. The van der Waals surface area contributed by atoms with Gasteiger partial charge < -0.3 is 9.80 Å². The van der Waals surface area contributed by atoms with Crippen molar-refractivity contribution in [2.45, 2.75) is 73.4 Å². The Kier molecular flexibility index (Phi) is 8.97. The second-order valence-electron chi connectivity index (χ2n) is 11.3. The van der Waals surface area contributed by atoms with Gasteiger partial charge in [-0.15, -0.1) is 0 Å². The van der Waals surface area contributed by atoms with Crippen molar-refractivity contribution in [1.29, 1.82) is 0 Å². The van der Waals surface area contributed by atoms with Crippen molar-refractivity contribution in [2.24, 2.45) is 11.3 Å². The van der Waals surface area contributed by atoms with Crippen LogP contribution < -0.4 is 0 Å². The first kappa shape index (κ1) is 26.0. The number of benzene rings is 2. The summed E-state index contributed by atoms with van der Waals surface area (Å²) in [7, 11) is 0. The molecule has 0 atom stereocenters. The number of carbonyl (C=O) groups is 1. The third-order valence-corrected chi connectivity index (χ3v) is 6.47. The first-order valence-corrected chi connectivity index (χ1v) is 12.8. The van der Waals surface area contributed by atoms with Gasteiger partial charge in [0.1, 0.15) is 0 Å². The van der Waals surface area contributed by atoms with E-state index in [9.17, 15) is 4.79 Å². The highest BCUT2D eigenvalue weighted by Crippen LogP contribution is 2.23. The summed E-state index contributed by atoms with van der Waals surface area (Å²) >= 11 is 0. The van der Waals surface area contributed by atoms with E-state index < -0.39 is 0 Å². The van der Waals surface area contributed by atoms with Gasteiger partial charge in [-0.1, -0.05) is 55.5 Å². The fourth-order valence-electron chi connectivity index (χ4n) is 4.27. The minimum Gasteiger partial charge on any atom is -0.331 e. The number of rotatable bonds is 7. The molecule has 1 fully saturated rings. The second-order valence-corrected chi connectivity index (χ2v) is 11.3. The average Bonchev–Trinajstić information content (AvgIpc) is 2.80. The molecule has 0 spiro atoms. The molecule has 0 saturated carbocycles. The van der Waals surface area contributed by atoms with Crippen LogP contribution in [0, 0.1) is 30.1 Å².